The van der Waals surface area contributed by atoms with Crippen LogP contribution < -0.4 is 20.1 Å². The standard InChI is InChI=1S/C14H20N2O4/c1-19-11-4-3-10(12(5-11)20-2)7-16-14(6-13(17)18)8-15-9-14/h3-5,15-16H,6-9H2,1-2H3,(H,17,18). The molecule has 2 rings (SSSR count). The Labute approximate surface area is 118 Å². The minimum absolute atomic E-state index is 0.110. The summed E-state index contributed by atoms with van der Waals surface area (Å²) in [6, 6.07) is 5.60. The lowest BCUT2D eigenvalue weighted by Crippen LogP contribution is -2.68. The fourth-order valence-corrected chi connectivity index (χ4v) is 2.31. The largest absolute Gasteiger partial charge is 0.497 e. The Morgan fingerprint density at radius 2 is 2.15 bits per heavy atom. The lowest BCUT2D eigenvalue weighted by atomic mass is 9.88. The third kappa shape index (κ3) is 3.20. The second-order valence-corrected chi connectivity index (χ2v) is 4.99. The maximum absolute atomic E-state index is 10.9. The van der Waals surface area contributed by atoms with Crippen LogP contribution in [0.1, 0.15) is 12.0 Å². The lowest BCUT2D eigenvalue weighted by molar-refractivity contribution is -0.139. The van der Waals surface area contributed by atoms with Crippen LogP contribution in [-0.2, 0) is 11.3 Å². The van der Waals surface area contributed by atoms with Crippen molar-refractivity contribution >= 4 is 5.97 Å². The number of carboxylic acid groups (broad SMARTS) is 1. The zero-order chi connectivity index (χ0) is 14.6. The zero-order valence-corrected chi connectivity index (χ0v) is 11.7. The smallest absolute Gasteiger partial charge is 0.305 e. The molecule has 1 saturated heterocycles. The number of rotatable bonds is 7. The van der Waals surface area contributed by atoms with E-state index >= 15 is 0 Å². The minimum Gasteiger partial charge on any atom is -0.497 e. The summed E-state index contributed by atoms with van der Waals surface area (Å²) >= 11 is 0. The summed E-state index contributed by atoms with van der Waals surface area (Å²) in [5.41, 5.74) is 0.613. The number of nitrogens with one attached hydrogen (secondary N) is 2. The second-order valence-electron chi connectivity index (χ2n) is 4.99. The molecule has 3 N–H and O–H groups in total. The summed E-state index contributed by atoms with van der Waals surface area (Å²) in [6.45, 7) is 1.89. The highest BCUT2D eigenvalue weighted by molar-refractivity contribution is 5.68. The molecule has 110 valence electrons. The highest BCUT2D eigenvalue weighted by Gasteiger charge is 2.38. The van der Waals surface area contributed by atoms with Gasteiger partial charge in [0.05, 0.1) is 26.2 Å². The second kappa shape index (κ2) is 6.11. The predicted molar refractivity (Wildman–Crippen MR) is 74.2 cm³/mol. The number of ether oxygens (including phenoxy) is 2. The van der Waals surface area contributed by atoms with E-state index in [2.05, 4.69) is 10.6 Å². The number of hydrogen-bond acceptors (Lipinski definition) is 5. The molecule has 0 saturated carbocycles. The Balaban J connectivity index is 2.04. The first-order valence-corrected chi connectivity index (χ1v) is 6.47. The van der Waals surface area contributed by atoms with Gasteiger partial charge in [-0.3, -0.25) is 4.79 Å². The highest BCUT2D eigenvalue weighted by Crippen LogP contribution is 2.25. The normalized spacial score (nSPS) is 16.3. The van der Waals surface area contributed by atoms with Gasteiger partial charge in [-0.1, -0.05) is 6.07 Å². The van der Waals surface area contributed by atoms with Crippen molar-refractivity contribution in [3.63, 3.8) is 0 Å². The van der Waals surface area contributed by atoms with Crippen molar-refractivity contribution in [2.24, 2.45) is 0 Å². The molecule has 1 aliphatic heterocycles. The molecule has 6 heteroatoms. The molecule has 20 heavy (non-hydrogen) atoms. The molecule has 0 radical (unpaired) electrons. The summed E-state index contributed by atoms with van der Waals surface area (Å²) in [6.07, 6.45) is 0.110. The molecular formula is C14H20N2O4. The molecule has 0 amide bonds. The monoisotopic (exact) mass is 280 g/mol. The number of methoxy groups -OCH3 is 2. The highest BCUT2D eigenvalue weighted by atomic mass is 16.5. The van der Waals surface area contributed by atoms with Crippen LogP contribution in [0.4, 0.5) is 0 Å². The van der Waals surface area contributed by atoms with E-state index in [9.17, 15) is 4.79 Å². The Hall–Kier alpha value is -1.79. The summed E-state index contributed by atoms with van der Waals surface area (Å²) in [5.74, 6) is 0.673. The number of hydrogen-bond donors (Lipinski definition) is 3. The van der Waals surface area contributed by atoms with Gasteiger partial charge in [0.15, 0.2) is 0 Å². The Morgan fingerprint density at radius 3 is 2.65 bits per heavy atom. The van der Waals surface area contributed by atoms with Gasteiger partial charge in [-0.15, -0.1) is 0 Å². The van der Waals surface area contributed by atoms with Crippen molar-refractivity contribution in [1.29, 1.82) is 0 Å². The first kappa shape index (κ1) is 14.6. The molecular weight excluding hydrogens is 260 g/mol. The maximum Gasteiger partial charge on any atom is 0.305 e. The Morgan fingerprint density at radius 1 is 1.40 bits per heavy atom. The van der Waals surface area contributed by atoms with Gasteiger partial charge in [0.25, 0.3) is 0 Å². The van der Waals surface area contributed by atoms with Crippen LogP contribution in [0.3, 0.4) is 0 Å². The molecule has 1 aromatic rings. The summed E-state index contributed by atoms with van der Waals surface area (Å²) in [4.78, 5) is 10.9. The average molecular weight is 280 g/mol. The molecule has 1 aromatic carbocycles. The summed E-state index contributed by atoms with van der Waals surface area (Å²) in [5, 5.41) is 15.4. The van der Waals surface area contributed by atoms with E-state index in [1.807, 2.05) is 18.2 Å². The molecule has 1 fully saturated rings. The molecule has 0 aromatic heterocycles. The van der Waals surface area contributed by atoms with Crippen molar-refractivity contribution in [2.45, 2.75) is 18.5 Å². The van der Waals surface area contributed by atoms with Gasteiger partial charge in [0, 0.05) is 31.3 Å². The lowest BCUT2D eigenvalue weighted by Gasteiger charge is -2.42. The quantitative estimate of drug-likeness (QED) is 0.679. The SMILES string of the molecule is COc1ccc(CNC2(CC(=O)O)CNC2)c(OC)c1. The zero-order valence-electron chi connectivity index (χ0n) is 11.7. The predicted octanol–water partition coefficient (Wildman–Crippen LogP) is 0.610. The minimum atomic E-state index is -0.791. The summed E-state index contributed by atoms with van der Waals surface area (Å²) in [7, 11) is 3.21. The fourth-order valence-electron chi connectivity index (χ4n) is 2.31. The van der Waals surface area contributed by atoms with Crippen LogP contribution >= 0.6 is 0 Å². The van der Waals surface area contributed by atoms with E-state index in [1.165, 1.54) is 0 Å². The van der Waals surface area contributed by atoms with Gasteiger partial charge < -0.3 is 25.2 Å². The van der Waals surface area contributed by atoms with Crippen LogP contribution in [0.2, 0.25) is 0 Å². The van der Waals surface area contributed by atoms with Gasteiger partial charge >= 0.3 is 5.97 Å². The Kier molecular flexibility index (Phi) is 4.46. The maximum atomic E-state index is 10.9. The van der Waals surface area contributed by atoms with Crippen molar-refractivity contribution < 1.29 is 19.4 Å². The molecule has 1 heterocycles. The van der Waals surface area contributed by atoms with Crippen LogP contribution in [0.15, 0.2) is 18.2 Å². The average Bonchev–Trinajstić information content (AvgIpc) is 2.41. The van der Waals surface area contributed by atoms with Crippen molar-refractivity contribution in [2.75, 3.05) is 27.3 Å². The topological polar surface area (TPSA) is 79.8 Å². The van der Waals surface area contributed by atoms with E-state index in [0.29, 0.717) is 19.6 Å². The molecule has 0 bridgehead atoms. The van der Waals surface area contributed by atoms with E-state index < -0.39 is 5.97 Å². The molecule has 6 nitrogen and oxygen atoms in total. The molecule has 1 aliphatic rings. The molecule has 0 unspecified atom stereocenters. The van der Waals surface area contributed by atoms with Gasteiger partial charge in [-0.25, -0.2) is 0 Å². The van der Waals surface area contributed by atoms with E-state index in [-0.39, 0.29) is 12.0 Å². The Bertz CT molecular complexity index is 486. The molecule has 0 spiro atoms. The van der Waals surface area contributed by atoms with Crippen molar-refractivity contribution in [3.05, 3.63) is 23.8 Å². The van der Waals surface area contributed by atoms with Gasteiger partial charge in [0.2, 0.25) is 0 Å². The third-order valence-corrected chi connectivity index (χ3v) is 3.56. The van der Waals surface area contributed by atoms with E-state index in [0.717, 1.165) is 17.1 Å². The van der Waals surface area contributed by atoms with Crippen LogP contribution in [0, 0.1) is 0 Å². The first-order chi connectivity index (χ1) is 9.58. The van der Waals surface area contributed by atoms with E-state index in [1.54, 1.807) is 14.2 Å². The number of carbonyl (C=O) groups is 1. The van der Waals surface area contributed by atoms with Crippen LogP contribution in [-0.4, -0.2) is 43.9 Å². The number of aliphatic carboxylic acids is 1. The number of benzene rings is 1. The van der Waals surface area contributed by atoms with Gasteiger partial charge in [0.1, 0.15) is 11.5 Å². The number of carboxylic acids is 1. The summed E-state index contributed by atoms with van der Waals surface area (Å²) < 4.78 is 10.5. The van der Waals surface area contributed by atoms with Gasteiger partial charge in [-0.05, 0) is 6.07 Å². The molecule has 0 atom stereocenters. The first-order valence-electron chi connectivity index (χ1n) is 6.47. The molecule has 0 aliphatic carbocycles. The van der Waals surface area contributed by atoms with Crippen molar-refractivity contribution in [1.82, 2.24) is 10.6 Å². The van der Waals surface area contributed by atoms with Crippen molar-refractivity contribution in [3.8, 4) is 11.5 Å². The van der Waals surface area contributed by atoms with E-state index in [4.69, 9.17) is 14.6 Å². The van der Waals surface area contributed by atoms with Crippen LogP contribution in [0.25, 0.3) is 0 Å². The fraction of sp³-hybridized carbons (Fsp3) is 0.500. The third-order valence-electron chi connectivity index (χ3n) is 3.56. The van der Waals surface area contributed by atoms with Crippen LogP contribution in [0.5, 0.6) is 11.5 Å². The van der Waals surface area contributed by atoms with Gasteiger partial charge in [-0.2, -0.15) is 0 Å².